The predicted molar refractivity (Wildman–Crippen MR) is 118 cm³/mol. The van der Waals surface area contributed by atoms with Gasteiger partial charge in [0, 0.05) is 19.7 Å². The molecule has 0 aliphatic carbocycles. The second-order valence-electron chi connectivity index (χ2n) is 7.60. The SMILES string of the molecule is O=C(OCCCn1c(=O)[nH]c2ccccc21)c1ccc(S(=O)(=O)NC[C@@H]2CCCO2)cc1. The van der Waals surface area contributed by atoms with Gasteiger partial charge < -0.3 is 14.5 Å². The molecule has 2 heterocycles. The van der Waals surface area contributed by atoms with Gasteiger partial charge in [-0.1, -0.05) is 12.1 Å². The first kappa shape index (κ1) is 22.3. The van der Waals surface area contributed by atoms with Crippen molar-refractivity contribution in [2.75, 3.05) is 19.8 Å². The van der Waals surface area contributed by atoms with Crippen LogP contribution in [0.1, 0.15) is 29.6 Å². The molecule has 2 N–H and O–H groups in total. The summed E-state index contributed by atoms with van der Waals surface area (Å²) >= 11 is 0. The molecule has 1 atom stereocenters. The number of aryl methyl sites for hydroxylation is 1. The van der Waals surface area contributed by atoms with Crippen LogP contribution < -0.4 is 10.4 Å². The van der Waals surface area contributed by atoms with E-state index in [1.165, 1.54) is 24.3 Å². The lowest BCUT2D eigenvalue weighted by molar-refractivity contribution is 0.0496. The third-order valence-corrected chi connectivity index (χ3v) is 6.81. The van der Waals surface area contributed by atoms with Gasteiger partial charge in [-0.05, 0) is 55.7 Å². The van der Waals surface area contributed by atoms with Crippen LogP contribution >= 0.6 is 0 Å². The van der Waals surface area contributed by atoms with E-state index in [0.717, 1.165) is 23.9 Å². The number of H-pyrrole nitrogens is 1. The number of sulfonamides is 1. The molecule has 0 radical (unpaired) electrons. The van der Waals surface area contributed by atoms with Gasteiger partial charge in [0.05, 0.1) is 34.2 Å². The highest BCUT2D eigenvalue weighted by Gasteiger charge is 2.20. The maximum atomic E-state index is 12.4. The molecule has 0 spiro atoms. The van der Waals surface area contributed by atoms with Crippen LogP contribution in [-0.2, 0) is 26.0 Å². The number of nitrogens with zero attached hydrogens (tertiary/aromatic N) is 1. The van der Waals surface area contributed by atoms with Crippen molar-refractivity contribution in [1.29, 1.82) is 0 Å². The average Bonchev–Trinajstić information content (AvgIpc) is 3.43. The van der Waals surface area contributed by atoms with Crippen LogP contribution in [-0.4, -0.2) is 49.8 Å². The second kappa shape index (κ2) is 9.68. The minimum Gasteiger partial charge on any atom is -0.462 e. The number of esters is 1. The zero-order valence-electron chi connectivity index (χ0n) is 17.5. The van der Waals surface area contributed by atoms with Gasteiger partial charge in [-0.3, -0.25) is 4.57 Å². The standard InChI is InChI=1S/C22H25N3O6S/c26-21(31-14-4-12-25-20-7-2-1-6-19(20)24-22(25)27)16-8-10-18(11-9-16)32(28,29)23-15-17-5-3-13-30-17/h1-2,6-11,17,23H,3-5,12-15H2,(H,24,27)/t17-/m0/s1. The number of fused-ring (bicyclic) bond motifs is 1. The molecule has 1 fully saturated rings. The number of benzene rings is 2. The number of rotatable bonds is 9. The number of imidazole rings is 1. The Bertz CT molecular complexity index is 1240. The summed E-state index contributed by atoms with van der Waals surface area (Å²) < 4.78 is 39.6. The van der Waals surface area contributed by atoms with Crippen molar-refractivity contribution in [3.05, 3.63) is 64.6 Å². The van der Waals surface area contributed by atoms with Crippen molar-refractivity contribution in [3.63, 3.8) is 0 Å². The Labute approximate surface area is 185 Å². The van der Waals surface area contributed by atoms with Gasteiger partial charge in [-0.25, -0.2) is 22.7 Å². The Balaban J connectivity index is 1.28. The number of carbonyl (C=O) groups is 1. The molecule has 2 aromatic carbocycles. The zero-order valence-corrected chi connectivity index (χ0v) is 18.3. The number of hydrogen-bond acceptors (Lipinski definition) is 6. The first-order valence-corrected chi connectivity index (χ1v) is 12.0. The summed E-state index contributed by atoms with van der Waals surface area (Å²) in [5.74, 6) is -0.549. The smallest absolute Gasteiger partial charge is 0.338 e. The van der Waals surface area contributed by atoms with Gasteiger partial charge >= 0.3 is 11.7 Å². The molecule has 1 aliphatic rings. The zero-order chi connectivity index (χ0) is 22.6. The van der Waals surface area contributed by atoms with E-state index in [0.29, 0.717) is 19.6 Å². The summed E-state index contributed by atoms with van der Waals surface area (Å²) in [6.07, 6.45) is 2.14. The van der Waals surface area contributed by atoms with Crippen LogP contribution in [0.15, 0.2) is 58.2 Å². The van der Waals surface area contributed by atoms with Crippen LogP contribution in [0.4, 0.5) is 0 Å². The summed E-state index contributed by atoms with van der Waals surface area (Å²) in [5.41, 5.74) is 1.61. The lowest BCUT2D eigenvalue weighted by atomic mass is 10.2. The normalized spacial score (nSPS) is 16.4. The quantitative estimate of drug-likeness (QED) is 0.373. The minimum atomic E-state index is -3.68. The topological polar surface area (TPSA) is 119 Å². The fourth-order valence-electron chi connectivity index (χ4n) is 3.66. The highest BCUT2D eigenvalue weighted by molar-refractivity contribution is 7.89. The molecule has 0 bridgehead atoms. The molecule has 170 valence electrons. The molecule has 0 amide bonds. The molecule has 0 unspecified atom stereocenters. The van der Waals surface area contributed by atoms with Gasteiger partial charge in [-0.15, -0.1) is 0 Å². The molecule has 9 nitrogen and oxygen atoms in total. The van der Waals surface area contributed by atoms with Crippen LogP contribution in [0.25, 0.3) is 11.0 Å². The number of para-hydroxylation sites is 2. The number of aromatic amines is 1. The summed E-state index contributed by atoms with van der Waals surface area (Å²) in [6, 6.07) is 13.0. The van der Waals surface area contributed by atoms with Gasteiger partial charge in [0.15, 0.2) is 0 Å². The summed E-state index contributed by atoms with van der Waals surface area (Å²) in [5, 5.41) is 0. The van der Waals surface area contributed by atoms with E-state index < -0.39 is 16.0 Å². The first-order chi connectivity index (χ1) is 15.4. The van der Waals surface area contributed by atoms with Gasteiger partial charge in [0.2, 0.25) is 10.0 Å². The fraction of sp³-hybridized carbons (Fsp3) is 0.364. The largest absolute Gasteiger partial charge is 0.462 e. The van der Waals surface area contributed by atoms with Crippen LogP contribution in [0.5, 0.6) is 0 Å². The van der Waals surface area contributed by atoms with Gasteiger partial charge in [0.1, 0.15) is 0 Å². The predicted octanol–water partition coefficient (Wildman–Crippen LogP) is 2.03. The van der Waals surface area contributed by atoms with E-state index in [4.69, 9.17) is 9.47 Å². The van der Waals surface area contributed by atoms with Crippen LogP contribution in [0, 0.1) is 0 Å². The van der Waals surface area contributed by atoms with Crippen LogP contribution in [0.2, 0.25) is 0 Å². The van der Waals surface area contributed by atoms with E-state index >= 15 is 0 Å². The average molecular weight is 460 g/mol. The number of carbonyl (C=O) groups excluding carboxylic acids is 1. The van der Waals surface area contributed by atoms with Gasteiger partial charge in [0.25, 0.3) is 0 Å². The summed E-state index contributed by atoms with van der Waals surface area (Å²) in [7, 11) is -3.68. The van der Waals surface area contributed by atoms with Crippen molar-refractivity contribution < 1.29 is 22.7 Å². The van der Waals surface area contributed by atoms with Gasteiger partial charge in [-0.2, -0.15) is 0 Å². The molecule has 0 saturated carbocycles. The highest BCUT2D eigenvalue weighted by atomic mass is 32.2. The lowest BCUT2D eigenvalue weighted by Crippen LogP contribution is -2.31. The summed E-state index contributed by atoms with van der Waals surface area (Å²) in [4.78, 5) is 27.2. The molecule has 1 aromatic heterocycles. The number of aromatic nitrogens is 2. The third-order valence-electron chi connectivity index (χ3n) is 5.37. The number of nitrogens with one attached hydrogen (secondary N) is 2. The second-order valence-corrected chi connectivity index (χ2v) is 9.37. The molecule has 4 rings (SSSR count). The fourth-order valence-corrected chi connectivity index (χ4v) is 4.73. The summed E-state index contributed by atoms with van der Waals surface area (Å²) in [6.45, 7) is 1.42. The van der Waals surface area contributed by atoms with E-state index in [9.17, 15) is 18.0 Å². The maximum Gasteiger partial charge on any atom is 0.338 e. The maximum absolute atomic E-state index is 12.4. The molecule has 1 saturated heterocycles. The monoisotopic (exact) mass is 459 g/mol. The molecular weight excluding hydrogens is 434 g/mol. The lowest BCUT2D eigenvalue weighted by Gasteiger charge is -2.11. The third kappa shape index (κ3) is 5.09. The van der Waals surface area contributed by atoms with E-state index in [1.54, 1.807) is 4.57 Å². The Morgan fingerprint density at radius 2 is 1.97 bits per heavy atom. The van der Waals surface area contributed by atoms with E-state index in [-0.39, 0.29) is 35.4 Å². The molecular formula is C22H25N3O6S. The Morgan fingerprint density at radius 3 is 2.72 bits per heavy atom. The van der Waals surface area contributed by atoms with Crippen molar-refractivity contribution in [2.45, 2.75) is 36.8 Å². The van der Waals surface area contributed by atoms with Crippen molar-refractivity contribution in [2.24, 2.45) is 0 Å². The molecule has 1 aliphatic heterocycles. The molecule has 10 heteroatoms. The Kier molecular flexibility index (Phi) is 6.73. The molecule has 32 heavy (non-hydrogen) atoms. The minimum absolute atomic E-state index is 0.0748. The van der Waals surface area contributed by atoms with Crippen molar-refractivity contribution in [3.8, 4) is 0 Å². The van der Waals surface area contributed by atoms with Crippen molar-refractivity contribution in [1.82, 2.24) is 14.3 Å². The first-order valence-electron chi connectivity index (χ1n) is 10.5. The van der Waals surface area contributed by atoms with E-state index in [2.05, 4.69) is 9.71 Å². The van der Waals surface area contributed by atoms with Crippen molar-refractivity contribution >= 4 is 27.0 Å². The number of hydrogen-bond donors (Lipinski definition) is 2. The van der Waals surface area contributed by atoms with E-state index in [1.807, 2.05) is 24.3 Å². The van der Waals surface area contributed by atoms with Crippen LogP contribution in [0.3, 0.4) is 0 Å². The Hall–Kier alpha value is -2.95. The number of ether oxygens (including phenoxy) is 2. The Morgan fingerprint density at radius 1 is 1.19 bits per heavy atom. The highest BCUT2D eigenvalue weighted by Crippen LogP contribution is 2.15. The molecule has 3 aromatic rings.